The molecule has 137 heavy (non-hydrogen) atoms. The topological polar surface area (TPSA) is 213 Å². The number of fused-ring (bicyclic) bond motifs is 4. The first-order valence-corrected chi connectivity index (χ1v) is 59.2. The summed E-state index contributed by atoms with van der Waals surface area (Å²) in [5, 5.41) is 79.8. The normalized spacial score (nSPS) is 14.1. The van der Waals surface area contributed by atoms with E-state index in [2.05, 4.69) is 306 Å². The van der Waals surface area contributed by atoms with Gasteiger partial charge in [-0.2, -0.15) is 0 Å². The van der Waals surface area contributed by atoms with Crippen LogP contribution in [0.25, 0.3) is 88.1 Å². The number of allylic oxidation sites excluding steroid dienone is 4. The summed E-state index contributed by atoms with van der Waals surface area (Å²) >= 11 is -2.01. The Bertz CT molecular complexity index is 5800. The van der Waals surface area contributed by atoms with Gasteiger partial charge in [0, 0.05) is 99.0 Å². The summed E-state index contributed by atoms with van der Waals surface area (Å²) in [6, 6.07) is 59.8. The van der Waals surface area contributed by atoms with Gasteiger partial charge in [-0.15, -0.1) is 105 Å². The molecule has 8 aromatic carbocycles. The molecule has 4 unspecified atom stereocenters. The standard InChI is InChI=1S/C29H34N.C24H28N.C23H28GeN.C23H28NSi.4C5H10O2.4Ir/c1-20-15-21(2)17-25(16-20)29-28-19-24(22-9-5-3-6-10-22)18-27(26(28)13-14-30-29)23-11-7-4-8-12-23;1-15(2)9-21-14-25-24(20-11-17(5)10-18(6)12-20)22-8-7-19(16(3)4)13-23(21)22;1-15(2)18-8-9-20-21(13-18)22(24(5,6)7)14-25-23(20)19-11-16(3)10-17(4)12-19;1-15(2)18-13-21-20(22(14-18)25(5,6)7)8-9-24-23(21)19-11-16(3)10-17(4)12-19;4*1-4(6)3-5(2)7;;;;/h13-16,18-19,22-23H,3-12H2,1-2H3;7-8,10-11,13-16H,9H2,1-6H3;2*8-11,13-15H,1-7H3;4*3-4,6-7H,1-2H3;;;;/q4*-1;;;;;;;;. The molecule has 12 nitrogen and oxygen atoms in total. The fourth-order valence-corrected chi connectivity index (χ4v) is 22.6. The van der Waals surface area contributed by atoms with Crippen molar-refractivity contribution in [2.45, 2.75) is 328 Å². The fraction of sp³-hybridized carbons (Fsp3) is 0.429. The molecule has 2 aliphatic carbocycles. The summed E-state index contributed by atoms with van der Waals surface area (Å²) in [4.78, 5) is 19.4. The first-order valence-electron chi connectivity index (χ1n) is 48.3. The zero-order valence-electron chi connectivity index (χ0n) is 87.4. The number of benzene rings is 8. The largest absolute Gasteiger partial charge is 0.304 e. The Morgan fingerprint density at radius 1 is 0.365 bits per heavy atom. The van der Waals surface area contributed by atoms with Gasteiger partial charge in [-0.25, -0.2) is 0 Å². The minimum absolute atomic E-state index is 0. The van der Waals surface area contributed by atoms with E-state index in [4.69, 9.17) is 60.8 Å². The Morgan fingerprint density at radius 2 is 0.693 bits per heavy atom. The van der Waals surface area contributed by atoms with Crippen LogP contribution in [-0.2, 0) is 86.8 Å². The number of rotatable bonds is 17. The van der Waals surface area contributed by atoms with Crippen molar-refractivity contribution in [2.75, 3.05) is 0 Å². The van der Waals surface area contributed by atoms with Gasteiger partial charge in [0.25, 0.3) is 0 Å². The van der Waals surface area contributed by atoms with Crippen LogP contribution in [0.4, 0.5) is 0 Å². The van der Waals surface area contributed by atoms with Crippen LogP contribution in [0.5, 0.6) is 0 Å². The molecule has 8 N–H and O–H groups in total. The molecular formula is C119H158GeIr4N4O8Si-4. The van der Waals surface area contributed by atoms with Crippen molar-refractivity contribution in [3.63, 3.8) is 0 Å². The monoisotopic (exact) mass is 2640 g/mol. The number of aliphatic hydroxyl groups is 8. The van der Waals surface area contributed by atoms with Crippen LogP contribution in [0.3, 0.4) is 0 Å². The van der Waals surface area contributed by atoms with Gasteiger partial charge in [-0.05, 0) is 231 Å². The minimum atomic E-state index is -2.01. The number of aliphatic hydroxyl groups excluding tert-OH is 8. The summed E-state index contributed by atoms with van der Waals surface area (Å²) in [7, 11) is -1.46. The zero-order chi connectivity index (χ0) is 98.8. The van der Waals surface area contributed by atoms with Gasteiger partial charge >= 0.3 is 155 Å². The molecule has 0 bridgehead atoms. The molecule has 2 aliphatic rings. The van der Waals surface area contributed by atoms with Gasteiger partial charge in [0.1, 0.15) is 0 Å². The summed E-state index contributed by atoms with van der Waals surface area (Å²) in [6.07, 6.45) is 26.3. The molecule has 14 rings (SSSR count). The molecule has 12 aromatic rings. The Labute approximate surface area is 881 Å². The van der Waals surface area contributed by atoms with E-state index in [1.54, 1.807) is 38.8 Å². The second-order valence-electron chi connectivity index (χ2n) is 40.9. The summed E-state index contributed by atoms with van der Waals surface area (Å²) in [6.45, 7) is 54.8. The molecule has 2 saturated carbocycles. The Hall–Kier alpha value is -7.24. The summed E-state index contributed by atoms with van der Waals surface area (Å²) in [5.41, 5.74) is 27.2. The second-order valence-corrected chi connectivity index (χ2v) is 56.5. The van der Waals surface area contributed by atoms with Crippen molar-refractivity contribution in [1.82, 2.24) is 19.9 Å². The molecule has 4 aromatic heterocycles. The Kier molecular flexibility index (Phi) is 52.8. The van der Waals surface area contributed by atoms with Crippen LogP contribution in [-0.4, -0.2) is 107 Å². The van der Waals surface area contributed by atoms with Crippen LogP contribution in [0.2, 0.25) is 36.9 Å². The van der Waals surface area contributed by atoms with E-state index >= 15 is 0 Å². The molecule has 2 fully saturated rings. The maximum atomic E-state index is 8.49. The van der Waals surface area contributed by atoms with E-state index in [0.29, 0.717) is 29.6 Å². The molecule has 4 radical (unpaired) electrons. The third kappa shape index (κ3) is 39.5. The first-order chi connectivity index (χ1) is 62.4. The number of aryl methyl sites for hydroxylation is 8. The van der Waals surface area contributed by atoms with E-state index in [-0.39, 0.29) is 103 Å². The second kappa shape index (κ2) is 58.4. The summed E-state index contributed by atoms with van der Waals surface area (Å²) in [5.74, 6) is 11.6. The average molecular weight is 2640 g/mol. The van der Waals surface area contributed by atoms with Crippen molar-refractivity contribution in [3.8, 4) is 45.0 Å². The summed E-state index contributed by atoms with van der Waals surface area (Å²) < 4.78 is 1.49. The van der Waals surface area contributed by atoms with Gasteiger partial charge < -0.3 is 55.8 Å². The fourth-order valence-electron chi connectivity index (χ4n) is 17.9. The number of hydrogen-bond donors (Lipinski definition) is 8. The average Bonchev–Trinajstić information content (AvgIpc) is 0.792. The third-order valence-corrected chi connectivity index (χ3v) is 29.9. The van der Waals surface area contributed by atoms with E-state index in [1.807, 2.05) is 12.4 Å². The maximum absolute atomic E-state index is 8.49. The van der Waals surface area contributed by atoms with Crippen LogP contribution in [0.15, 0.2) is 193 Å². The Balaban J connectivity index is 0.000000426. The molecule has 0 spiro atoms. The van der Waals surface area contributed by atoms with E-state index < -0.39 is 45.8 Å². The SMILES string of the molecule is CC(O)=CC(C)O.CC(O)=CC(C)O.CC(O)=CC(C)O.CC(O)=CC(C)O.Cc1[c-]c(-c2nc[c]([Ge]([CH3])([CH3])[CH3])c3cc(C(C)C)ccc23)cc(C)c1.Cc1[c-]c(-c2ncc(CC(C)C)c3cc(C(C)C)ccc23)cc(C)c1.Cc1[c-]c(-c2nccc3c(C4CCCCC4)cc(C4CCCCC4)cc23)cc(C)c1.Cc1[c-]c(-c2nccc3c([Si](C)(C)C)cc(C(C)C)cc23)cc(C)c1.[Ir].[Ir].[Ir].[Ir]. The van der Waals surface area contributed by atoms with Crippen LogP contribution in [0, 0.1) is 85.6 Å². The van der Waals surface area contributed by atoms with Gasteiger partial charge in [0.2, 0.25) is 0 Å². The van der Waals surface area contributed by atoms with Crippen LogP contribution >= 0.6 is 0 Å². The van der Waals surface area contributed by atoms with Crippen molar-refractivity contribution in [1.29, 1.82) is 0 Å². The molecule has 0 amide bonds. The quantitative estimate of drug-likeness (QED) is 0.0243. The molecule has 0 aliphatic heterocycles. The van der Waals surface area contributed by atoms with Crippen molar-refractivity contribution >= 4 is 74.0 Å². The van der Waals surface area contributed by atoms with Crippen molar-refractivity contribution in [3.05, 3.63) is 296 Å². The third-order valence-electron chi connectivity index (χ3n) is 23.7. The molecular weight excluding hydrogens is 2480 g/mol. The molecule has 4 heterocycles. The predicted octanol–water partition coefficient (Wildman–Crippen LogP) is 30.3. The number of hydrogen-bond acceptors (Lipinski definition) is 12. The zero-order valence-corrected chi connectivity index (χ0v) is 100. The van der Waals surface area contributed by atoms with Crippen molar-refractivity contribution in [2.24, 2.45) is 5.92 Å². The molecule has 4 atom stereocenters. The van der Waals surface area contributed by atoms with E-state index in [9.17, 15) is 0 Å². The predicted molar refractivity (Wildman–Crippen MR) is 573 cm³/mol. The van der Waals surface area contributed by atoms with Gasteiger partial charge in [0.05, 0.1) is 55.5 Å². The minimum Gasteiger partial charge on any atom is -0.304 e. The van der Waals surface area contributed by atoms with Crippen LogP contribution < -0.4 is 9.58 Å². The van der Waals surface area contributed by atoms with Gasteiger partial charge in [-0.1, -0.05) is 189 Å². The number of pyridine rings is 4. The van der Waals surface area contributed by atoms with Crippen molar-refractivity contribution < 1.29 is 121 Å². The maximum Gasteiger partial charge on any atom is 0.0783 e. The van der Waals surface area contributed by atoms with Gasteiger partial charge in [-0.3, -0.25) is 0 Å². The smallest absolute Gasteiger partial charge is 0.0783 e. The molecule has 18 heteroatoms. The first kappa shape index (κ1) is 124. The Morgan fingerprint density at radius 3 is 1.02 bits per heavy atom. The van der Waals surface area contributed by atoms with Gasteiger partial charge in [0.15, 0.2) is 0 Å². The number of nitrogens with zero attached hydrogens (tertiary/aromatic N) is 4. The van der Waals surface area contributed by atoms with E-state index in [0.717, 1.165) is 62.9 Å². The van der Waals surface area contributed by atoms with Crippen LogP contribution in [0.1, 0.15) is 282 Å². The van der Waals surface area contributed by atoms with E-state index in [1.165, 1.54) is 230 Å². The number of aromatic nitrogens is 4. The molecule has 0 saturated heterocycles. The molecule has 750 valence electrons.